The van der Waals surface area contributed by atoms with E-state index in [2.05, 4.69) is 40.2 Å². The van der Waals surface area contributed by atoms with Crippen molar-refractivity contribution in [3.8, 4) is 0 Å². The average Bonchev–Trinajstić information content (AvgIpc) is 3.50. The molecule has 196 valence electrons. The number of nitrogens with one attached hydrogen (secondary N) is 1. The van der Waals surface area contributed by atoms with Crippen LogP contribution < -0.4 is 11.1 Å². The summed E-state index contributed by atoms with van der Waals surface area (Å²) in [5, 5.41) is 35.7. The number of nitrogen functional groups attached to an aromatic ring is 1. The van der Waals surface area contributed by atoms with Gasteiger partial charge in [0.15, 0.2) is 5.13 Å². The van der Waals surface area contributed by atoms with E-state index >= 15 is 0 Å². The lowest BCUT2D eigenvalue weighted by atomic mass is 10.0. The van der Waals surface area contributed by atoms with Gasteiger partial charge in [-0.05, 0) is 16.0 Å². The minimum absolute atomic E-state index is 0.0513. The number of anilines is 1. The molecule has 4 heterocycles. The number of carbonyl (C=O) groups is 4. The highest BCUT2D eigenvalue weighted by atomic mass is 32.2. The number of aryl methyl sites for hydroxylation is 1. The van der Waals surface area contributed by atoms with Crippen molar-refractivity contribution >= 4 is 69.7 Å². The van der Waals surface area contributed by atoms with E-state index in [1.54, 1.807) is 0 Å². The molecule has 4 rings (SSSR count). The maximum Gasteiger partial charge on any atom is 0.352 e. The Morgan fingerprint density at radius 2 is 2.14 bits per heavy atom. The number of β-lactam (4-membered cyclic amide) rings is 1. The standard InChI is InChI=1S/C17H18N10O7S3/c1-34-22-8(11-20-16(18)37-23-11)12(30)19-9-13(31)27-10(15(32)33)6(4-35-14(9)27)5-36-17-21-24-25-26(17)3-2-7(28)29/h9,14H,2-5H2,1H3,(H,19,30)(H,28,29)(H,32,33)(H2,18,20,23)/t9?,14-/m0/s1. The Labute approximate surface area is 219 Å². The first-order valence-electron chi connectivity index (χ1n) is 10.2. The third-order valence-corrected chi connectivity index (χ3v) is 7.93. The number of nitrogens with two attached hydrogens (primary N) is 1. The predicted molar refractivity (Wildman–Crippen MR) is 128 cm³/mol. The van der Waals surface area contributed by atoms with Crippen molar-refractivity contribution < 1.29 is 34.2 Å². The molecule has 5 N–H and O–H groups in total. The summed E-state index contributed by atoms with van der Waals surface area (Å²) in [5.74, 6) is -3.37. The van der Waals surface area contributed by atoms with Crippen molar-refractivity contribution in [2.24, 2.45) is 5.16 Å². The molecule has 2 aromatic heterocycles. The number of rotatable bonds is 11. The summed E-state index contributed by atoms with van der Waals surface area (Å²) < 4.78 is 5.23. The van der Waals surface area contributed by atoms with Gasteiger partial charge in [-0.25, -0.2) is 9.48 Å². The van der Waals surface area contributed by atoms with Crippen molar-refractivity contribution in [3.05, 3.63) is 17.1 Å². The Bertz CT molecular complexity index is 1310. The van der Waals surface area contributed by atoms with Gasteiger partial charge in [-0.1, -0.05) is 16.9 Å². The molecule has 20 heteroatoms. The topological polar surface area (TPSA) is 241 Å². The van der Waals surface area contributed by atoms with Gasteiger partial charge >= 0.3 is 11.9 Å². The quantitative estimate of drug-likeness (QED) is 0.104. The Kier molecular flexibility index (Phi) is 7.88. The van der Waals surface area contributed by atoms with Crippen molar-refractivity contribution in [2.45, 2.75) is 29.5 Å². The van der Waals surface area contributed by atoms with Crippen molar-refractivity contribution in [1.29, 1.82) is 0 Å². The molecule has 1 unspecified atom stereocenters. The van der Waals surface area contributed by atoms with Crippen LogP contribution in [0.2, 0.25) is 0 Å². The number of aliphatic carboxylic acids is 2. The SMILES string of the molecule is CON=C(C(=O)NC1C(=O)N2C(C(=O)O)=C(CSc3nnnn3CCC(=O)O)CS[C@@H]12)c1nsc(N)n1. The first kappa shape index (κ1) is 26.3. The van der Waals surface area contributed by atoms with Crippen molar-refractivity contribution in [1.82, 2.24) is 39.8 Å². The van der Waals surface area contributed by atoms with Gasteiger partial charge in [0.25, 0.3) is 11.8 Å². The second-order valence-corrected chi connectivity index (χ2v) is 10.1. The van der Waals surface area contributed by atoms with Crippen LogP contribution in [-0.2, 0) is 30.6 Å². The smallest absolute Gasteiger partial charge is 0.352 e. The maximum atomic E-state index is 12.9. The summed E-state index contributed by atoms with van der Waals surface area (Å²) in [6.07, 6.45) is -0.183. The van der Waals surface area contributed by atoms with Crippen LogP contribution >= 0.6 is 35.1 Å². The molecule has 0 aromatic carbocycles. The van der Waals surface area contributed by atoms with Crippen LogP contribution in [-0.4, -0.2) is 104 Å². The first-order chi connectivity index (χ1) is 17.7. The van der Waals surface area contributed by atoms with Gasteiger partial charge in [-0.2, -0.15) is 9.36 Å². The number of aromatic nitrogens is 6. The summed E-state index contributed by atoms with van der Waals surface area (Å²) in [5.41, 5.74) is 5.55. The van der Waals surface area contributed by atoms with E-state index in [1.807, 2.05) is 0 Å². The lowest BCUT2D eigenvalue weighted by Gasteiger charge is -2.49. The number of nitrogens with zero attached hydrogens (tertiary/aromatic N) is 8. The summed E-state index contributed by atoms with van der Waals surface area (Å²) in [4.78, 5) is 58.3. The van der Waals surface area contributed by atoms with Crippen LogP contribution in [0.4, 0.5) is 5.13 Å². The van der Waals surface area contributed by atoms with E-state index in [0.717, 1.165) is 28.2 Å². The average molecular weight is 571 g/mol. The van der Waals surface area contributed by atoms with E-state index in [0.29, 0.717) is 10.7 Å². The number of oxime groups is 1. The Balaban J connectivity index is 1.46. The van der Waals surface area contributed by atoms with E-state index in [-0.39, 0.29) is 46.8 Å². The highest BCUT2D eigenvalue weighted by molar-refractivity contribution is 8.01. The van der Waals surface area contributed by atoms with Crippen molar-refractivity contribution in [2.75, 3.05) is 24.3 Å². The largest absolute Gasteiger partial charge is 0.481 e. The number of carbonyl (C=O) groups excluding carboxylic acids is 2. The van der Waals surface area contributed by atoms with Gasteiger partial charge in [-0.3, -0.25) is 19.3 Å². The number of hydrogen-bond donors (Lipinski definition) is 4. The van der Waals surface area contributed by atoms with Gasteiger partial charge < -0.3 is 26.1 Å². The highest BCUT2D eigenvalue weighted by Crippen LogP contribution is 2.41. The third kappa shape index (κ3) is 5.49. The van der Waals surface area contributed by atoms with Crippen molar-refractivity contribution in [3.63, 3.8) is 0 Å². The summed E-state index contributed by atoms with van der Waals surface area (Å²) in [6.45, 7) is 0.0513. The number of hydrogen-bond acceptors (Lipinski definition) is 15. The third-order valence-electron chi connectivity index (χ3n) is 5.00. The molecule has 2 aliphatic rings. The molecule has 0 radical (unpaired) electrons. The minimum Gasteiger partial charge on any atom is -0.481 e. The molecule has 2 atom stereocenters. The summed E-state index contributed by atoms with van der Waals surface area (Å²) in [7, 11) is 1.23. The maximum absolute atomic E-state index is 12.9. The molecule has 37 heavy (non-hydrogen) atoms. The molecule has 1 saturated heterocycles. The predicted octanol–water partition coefficient (Wildman–Crippen LogP) is -1.54. The van der Waals surface area contributed by atoms with Gasteiger partial charge in [-0.15, -0.1) is 16.9 Å². The Morgan fingerprint density at radius 3 is 2.78 bits per heavy atom. The molecule has 0 spiro atoms. The monoisotopic (exact) mass is 570 g/mol. The zero-order valence-electron chi connectivity index (χ0n) is 18.8. The fourth-order valence-electron chi connectivity index (χ4n) is 3.40. The van der Waals surface area contributed by atoms with E-state index in [9.17, 15) is 24.3 Å². The second kappa shape index (κ2) is 11.1. The Morgan fingerprint density at radius 1 is 1.35 bits per heavy atom. The molecular formula is C17H18N10O7S3. The van der Waals surface area contributed by atoms with Gasteiger partial charge in [0.05, 0.1) is 13.0 Å². The molecule has 0 saturated carbocycles. The fourth-order valence-corrected chi connectivity index (χ4v) is 6.23. The second-order valence-electron chi connectivity index (χ2n) is 7.31. The molecule has 1 fully saturated rings. The summed E-state index contributed by atoms with van der Waals surface area (Å²) in [6, 6.07) is -1.01. The molecular weight excluding hydrogens is 552 g/mol. The number of thioether (sulfide) groups is 2. The first-order valence-corrected chi connectivity index (χ1v) is 13.0. The summed E-state index contributed by atoms with van der Waals surface area (Å²) >= 11 is 3.25. The van der Waals surface area contributed by atoms with Crippen LogP contribution in [0.15, 0.2) is 21.6 Å². The molecule has 2 aromatic rings. The number of fused-ring (bicyclic) bond motifs is 1. The molecule has 2 aliphatic heterocycles. The Hall–Kier alpha value is -3.78. The number of tetrazole rings is 1. The van der Waals surface area contributed by atoms with Gasteiger partial charge in [0.1, 0.15) is 24.2 Å². The van der Waals surface area contributed by atoms with Crippen LogP contribution in [0.5, 0.6) is 0 Å². The zero-order chi connectivity index (χ0) is 26.7. The highest BCUT2D eigenvalue weighted by Gasteiger charge is 2.54. The minimum atomic E-state index is -1.30. The van der Waals surface area contributed by atoms with Crippen LogP contribution in [0.1, 0.15) is 12.2 Å². The zero-order valence-corrected chi connectivity index (χ0v) is 21.2. The van der Waals surface area contributed by atoms with Crippen LogP contribution in [0, 0.1) is 0 Å². The number of carboxylic acid groups (broad SMARTS) is 2. The van der Waals surface area contributed by atoms with E-state index in [1.165, 1.54) is 23.6 Å². The molecule has 0 aliphatic carbocycles. The van der Waals surface area contributed by atoms with Crippen LogP contribution in [0.25, 0.3) is 0 Å². The van der Waals surface area contributed by atoms with E-state index in [4.69, 9.17) is 10.8 Å². The van der Waals surface area contributed by atoms with Gasteiger partial charge in [0, 0.05) is 23.0 Å². The van der Waals surface area contributed by atoms with E-state index < -0.39 is 35.2 Å². The number of carboxylic acids is 2. The number of amides is 2. The molecule has 17 nitrogen and oxygen atoms in total. The fraction of sp³-hybridized carbons (Fsp3) is 0.412. The lowest BCUT2D eigenvalue weighted by Crippen LogP contribution is -2.71. The van der Waals surface area contributed by atoms with Gasteiger partial charge in [0.2, 0.25) is 16.7 Å². The normalized spacial score (nSPS) is 19.3. The molecule has 2 amide bonds. The lowest BCUT2D eigenvalue weighted by molar-refractivity contribution is -0.150. The van der Waals surface area contributed by atoms with Crippen LogP contribution in [0.3, 0.4) is 0 Å². The molecule has 0 bridgehead atoms.